The minimum atomic E-state index is -0.761. The van der Waals surface area contributed by atoms with E-state index in [9.17, 15) is 15.0 Å². The molecule has 0 radical (unpaired) electrons. The zero-order valence-corrected chi connectivity index (χ0v) is 20.3. The molecule has 2 N–H and O–H groups in total. The zero-order chi connectivity index (χ0) is 23.5. The number of aliphatic hydroxyl groups is 2. The maximum absolute atomic E-state index is 13.0. The van der Waals surface area contributed by atoms with Crippen LogP contribution in [-0.2, 0) is 4.79 Å². The van der Waals surface area contributed by atoms with Gasteiger partial charge in [-0.1, -0.05) is 11.1 Å². The van der Waals surface area contributed by atoms with Gasteiger partial charge >= 0.3 is 0 Å². The minimum Gasteiger partial charge on any atom is -0.472 e. The summed E-state index contributed by atoms with van der Waals surface area (Å²) in [7, 11) is 1.90. The molecule has 1 aromatic heterocycles. The molecule has 6 rings (SSSR count). The van der Waals surface area contributed by atoms with Gasteiger partial charge in [0.2, 0.25) is 5.91 Å². The predicted octanol–water partition coefficient (Wildman–Crippen LogP) is 3.75. The monoisotopic (exact) mass is 466 g/mol. The molecule has 6 heteroatoms. The summed E-state index contributed by atoms with van der Waals surface area (Å²) in [5.41, 5.74) is 2.63. The van der Waals surface area contributed by atoms with E-state index in [1.165, 1.54) is 24.0 Å². The number of nitrogens with zero attached hydrogens (tertiary/aromatic N) is 2. The zero-order valence-electron chi connectivity index (χ0n) is 20.3. The van der Waals surface area contributed by atoms with Crippen molar-refractivity contribution >= 4 is 12.0 Å². The van der Waals surface area contributed by atoms with Crippen molar-refractivity contribution in [2.45, 2.75) is 88.0 Å². The molecule has 0 unspecified atom stereocenters. The van der Waals surface area contributed by atoms with Gasteiger partial charge in [-0.25, -0.2) is 0 Å². The van der Waals surface area contributed by atoms with Crippen molar-refractivity contribution in [1.29, 1.82) is 0 Å². The molecule has 1 amide bonds. The molecule has 5 aliphatic rings. The van der Waals surface area contributed by atoms with Crippen LogP contribution in [0.4, 0.5) is 0 Å². The van der Waals surface area contributed by atoms with E-state index in [1.807, 2.05) is 18.0 Å². The van der Waals surface area contributed by atoms with Crippen molar-refractivity contribution in [2.24, 2.45) is 11.3 Å². The quantitative estimate of drug-likeness (QED) is 0.511. The summed E-state index contributed by atoms with van der Waals surface area (Å²) < 4.78 is 5.10. The fourth-order valence-corrected chi connectivity index (χ4v) is 7.72. The molecular weight excluding hydrogens is 428 g/mol. The Morgan fingerprint density at radius 3 is 2.88 bits per heavy atom. The van der Waals surface area contributed by atoms with E-state index < -0.39 is 5.60 Å². The molecule has 0 aromatic carbocycles. The molecule has 2 saturated carbocycles. The molecule has 1 aromatic rings. The number of furan rings is 1. The first-order chi connectivity index (χ1) is 16.4. The van der Waals surface area contributed by atoms with Crippen LogP contribution in [0.15, 0.2) is 40.2 Å². The molecule has 2 heterocycles. The number of rotatable bonds is 5. The Morgan fingerprint density at radius 2 is 2.12 bits per heavy atom. The van der Waals surface area contributed by atoms with Crippen LogP contribution in [0, 0.1) is 11.3 Å². The highest BCUT2D eigenvalue weighted by atomic mass is 16.3. The van der Waals surface area contributed by atoms with Crippen LogP contribution in [0.5, 0.6) is 0 Å². The first kappa shape index (κ1) is 22.6. The van der Waals surface area contributed by atoms with Crippen molar-refractivity contribution in [3.8, 4) is 0 Å². The summed E-state index contributed by atoms with van der Waals surface area (Å²) in [5, 5.41) is 23.1. The average molecular weight is 467 g/mol. The number of likely N-dealkylation sites (N-methyl/N-ethyl adjacent to an activating group) is 1. The van der Waals surface area contributed by atoms with Gasteiger partial charge in [0.15, 0.2) is 0 Å². The number of piperidine rings is 1. The lowest BCUT2D eigenvalue weighted by molar-refractivity contribution is -0.199. The predicted molar refractivity (Wildman–Crippen MR) is 130 cm³/mol. The SMILES string of the molecule is CN(C(=O)/C=C/c1ccoc1)[C@@H]1CC[C@@]2(O)[C@H]3CC4=C(C[C@H](O)CC4)[C@@]2(CCN3CC2CC2)C1. The maximum Gasteiger partial charge on any atom is 0.246 e. The van der Waals surface area contributed by atoms with Crippen molar-refractivity contribution in [3.63, 3.8) is 0 Å². The van der Waals surface area contributed by atoms with Crippen molar-refractivity contribution < 1.29 is 19.4 Å². The van der Waals surface area contributed by atoms with Crippen LogP contribution in [0.2, 0.25) is 0 Å². The minimum absolute atomic E-state index is 0.00977. The lowest BCUT2D eigenvalue weighted by Gasteiger charge is -2.66. The maximum atomic E-state index is 13.0. The summed E-state index contributed by atoms with van der Waals surface area (Å²) in [6.45, 7) is 2.13. The molecule has 1 saturated heterocycles. The Labute approximate surface area is 202 Å². The summed E-state index contributed by atoms with van der Waals surface area (Å²) >= 11 is 0. The third-order valence-corrected chi connectivity index (χ3v) is 9.80. The average Bonchev–Trinajstić information content (AvgIpc) is 3.49. The second kappa shape index (κ2) is 8.35. The molecule has 0 spiro atoms. The molecule has 3 fully saturated rings. The first-order valence-corrected chi connectivity index (χ1v) is 13.2. The van der Waals surface area contributed by atoms with Gasteiger partial charge < -0.3 is 19.5 Å². The lowest BCUT2D eigenvalue weighted by Crippen LogP contribution is -2.72. The van der Waals surface area contributed by atoms with Gasteiger partial charge in [0, 0.05) is 42.7 Å². The number of carbonyl (C=O) groups excluding carboxylic acids is 1. The summed E-state index contributed by atoms with van der Waals surface area (Å²) in [4.78, 5) is 17.5. The van der Waals surface area contributed by atoms with Gasteiger partial charge in [0.1, 0.15) is 0 Å². The third kappa shape index (κ3) is 3.61. The fraction of sp³-hybridized carbons (Fsp3) is 0.679. The molecule has 5 atom stereocenters. The molecule has 2 bridgehead atoms. The smallest absolute Gasteiger partial charge is 0.246 e. The largest absolute Gasteiger partial charge is 0.472 e. The van der Waals surface area contributed by atoms with E-state index in [2.05, 4.69) is 4.90 Å². The van der Waals surface area contributed by atoms with E-state index >= 15 is 0 Å². The van der Waals surface area contributed by atoms with E-state index in [4.69, 9.17) is 4.42 Å². The number of hydrogen-bond acceptors (Lipinski definition) is 5. The van der Waals surface area contributed by atoms with E-state index in [1.54, 1.807) is 24.7 Å². The van der Waals surface area contributed by atoms with Gasteiger partial charge in [-0.15, -0.1) is 0 Å². The number of amides is 1. The highest BCUT2D eigenvalue weighted by molar-refractivity contribution is 5.91. The van der Waals surface area contributed by atoms with E-state index in [0.717, 1.165) is 69.5 Å². The van der Waals surface area contributed by atoms with Crippen LogP contribution in [0.25, 0.3) is 6.08 Å². The normalized spacial score (nSPS) is 38.0. The van der Waals surface area contributed by atoms with Crippen LogP contribution in [-0.4, -0.2) is 69.8 Å². The molecule has 6 nitrogen and oxygen atoms in total. The van der Waals surface area contributed by atoms with Crippen LogP contribution < -0.4 is 0 Å². The Balaban J connectivity index is 1.30. The summed E-state index contributed by atoms with van der Waals surface area (Å²) in [5.74, 6) is 0.797. The van der Waals surface area contributed by atoms with Crippen molar-refractivity contribution in [2.75, 3.05) is 20.1 Å². The van der Waals surface area contributed by atoms with Gasteiger partial charge in [-0.2, -0.15) is 0 Å². The van der Waals surface area contributed by atoms with Gasteiger partial charge in [-0.3, -0.25) is 9.69 Å². The topological polar surface area (TPSA) is 77.2 Å². The number of hydrogen-bond donors (Lipinski definition) is 2. The lowest BCUT2D eigenvalue weighted by atomic mass is 9.47. The summed E-state index contributed by atoms with van der Waals surface area (Å²) in [6.07, 6.45) is 15.7. The van der Waals surface area contributed by atoms with Crippen LogP contribution >= 0.6 is 0 Å². The summed E-state index contributed by atoms with van der Waals surface area (Å²) in [6, 6.07) is 2.10. The Bertz CT molecular complexity index is 996. The van der Waals surface area contributed by atoms with E-state index in [0.29, 0.717) is 6.42 Å². The van der Waals surface area contributed by atoms with Crippen LogP contribution in [0.3, 0.4) is 0 Å². The number of aliphatic hydroxyl groups excluding tert-OH is 1. The Morgan fingerprint density at radius 1 is 1.26 bits per heavy atom. The molecule has 34 heavy (non-hydrogen) atoms. The molecule has 4 aliphatic carbocycles. The molecule has 184 valence electrons. The highest BCUT2D eigenvalue weighted by Crippen LogP contribution is 2.63. The number of carbonyl (C=O) groups is 1. The van der Waals surface area contributed by atoms with E-state index in [-0.39, 0.29) is 29.5 Å². The third-order valence-electron chi connectivity index (χ3n) is 9.80. The van der Waals surface area contributed by atoms with Gasteiger partial charge in [0.05, 0.1) is 24.2 Å². The first-order valence-electron chi connectivity index (χ1n) is 13.2. The van der Waals surface area contributed by atoms with Crippen molar-refractivity contribution in [1.82, 2.24) is 9.80 Å². The Kier molecular flexibility index (Phi) is 5.54. The second-order valence-corrected chi connectivity index (χ2v) is 11.6. The van der Waals surface area contributed by atoms with Crippen molar-refractivity contribution in [3.05, 3.63) is 41.4 Å². The van der Waals surface area contributed by atoms with Gasteiger partial charge in [0.25, 0.3) is 0 Å². The second-order valence-electron chi connectivity index (χ2n) is 11.6. The number of likely N-dealkylation sites (tertiary alicyclic amines) is 1. The van der Waals surface area contributed by atoms with Gasteiger partial charge in [-0.05, 0) is 88.8 Å². The molecular formula is C28H38N2O4. The Hall–Kier alpha value is -1.89. The molecule has 1 aliphatic heterocycles. The standard InChI is InChI=1S/C28H38N2O4/c1-29(26(32)7-4-20-9-13-34-18-20)22-8-10-28(33)25-14-21-5-6-23(31)15-24(21)27(28,16-22)11-12-30(25)17-19-2-3-19/h4,7,9,13,18-19,22-23,25,31,33H,2-3,5-6,8,10-12,14-17H2,1H3/b7-4+/t22-,23-,25-,27-,28-/m1/s1. The fourth-order valence-electron chi connectivity index (χ4n) is 7.72. The van der Waals surface area contributed by atoms with Crippen LogP contribution in [0.1, 0.15) is 69.8 Å². The highest BCUT2D eigenvalue weighted by Gasteiger charge is 2.65.